The number of carbonyl (C=O) groups excluding carboxylic acids is 1. The summed E-state index contributed by atoms with van der Waals surface area (Å²) in [6.45, 7) is 4.28. The van der Waals surface area contributed by atoms with Crippen LogP contribution in [0.4, 0.5) is 0 Å². The van der Waals surface area contributed by atoms with E-state index in [0.717, 1.165) is 17.7 Å². The van der Waals surface area contributed by atoms with Crippen LogP contribution in [0.25, 0.3) is 0 Å². The van der Waals surface area contributed by atoms with Crippen LogP contribution in [0.15, 0.2) is 24.3 Å². The fraction of sp³-hybridized carbons (Fsp3) is 0.579. The lowest BCUT2D eigenvalue weighted by Gasteiger charge is -2.33. The zero-order valence-corrected chi connectivity index (χ0v) is 14.6. The Kier molecular flexibility index (Phi) is 5.27. The Morgan fingerprint density at radius 1 is 1.44 bits per heavy atom. The summed E-state index contributed by atoms with van der Waals surface area (Å²) in [5.41, 5.74) is 0.0362. The van der Waals surface area contributed by atoms with Gasteiger partial charge in [-0.1, -0.05) is 19.1 Å². The molecule has 1 aromatic rings. The molecule has 2 aliphatic heterocycles. The normalized spacial score (nSPS) is 25.5. The third kappa shape index (κ3) is 3.63. The van der Waals surface area contributed by atoms with Crippen molar-refractivity contribution in [2.24, 2.45) is 11.3 Å². The molecule has 136 valence electrons. The summed E-state index contributed by atoms with van der Waals surface area (Å²) in [6.07, 6.45) is 1.65. The predicted octanol–water partition coefficient (Wildman–Crippen LogP) is 1.97. The highest BCUT2D eigenvalue weighted by molar-refractivity contribution is 5.82. The number of rotatable bonds is 6. The fourth-order valence-electron chi connectivity index (χ4n) is 3.74. The standard InChI is InChI=1S/C19H25NO5/c1-2-7-25-16-5-3-4-14(9-16)10-17(21)20-11-15-12-24-8-6-19(15,13-20)18(22)23/h3-5,9,15H,2,6-8,10-13H2,1H3,(H,22,23)/t15-,19+/m0/s1. The molecule has 1 aromatic carbocycles. The zero-order chi connectivity index (χ0) is 17.9. The van der Waals surface area contributed by atoms with Crippen LogP contribution in [0.1, 0.15) is 25.3 Å². The van der Waals surface area contributed by atoms with Crippen molar-refractivity contribution in [3.8, 4) is 5.75 Å². The van der Waals surface area contributed by atoms with Gasteiger partial charge >= 0.3 is 5.97 Å². The van der Waals surface area contributed by atoms with Crippen LogP contribution in [0.5, 0.6) is 5.75 Å². The summed E-state index contributed by atoms with van der Waals surface area (Å²) < 4.78 is 11.0. The number of fused-ring (bicyclic) bond motifs is 1. The largest absolute Gasteiger partial charge is 0.494 e. The summed E-state index contributed by atoms with van der Waals surface area (Å²) in [5, 5.41) is 9.70. The second-order valence-corrected chi connectivity index (χ2v) is 6.93. The van der Waals surface area contributed by atoms with E-state index in [1.165, 1.54) is 0 Å². The van der Waals surface area contributed by atoms with Gasteiger partial charge in [0.05, 0.1) is 25.0 Å². The fourth-order valence-corrected chi connectivity index (χ4v) is 3.74. The Labute approximate surface area is 147 Å². The van der Waals surface area contributed by atoms with Crippen molar-refractivity contribution in [1.29, 1.82) is 0 Å². The lowest BCUT2D eigenvalue weighted by molar-refractivity contribution is -0.157. The molecule has 0 aromatic heterocycles. The molecule has 0 aliphatic carbocycles. The SMILES string of the molecule is CCCOc1cccc(CC(=O)N2C[C@H]3COCC[C@@]3(C(=O)O)C2)c1. The molecule has 0 bridgehead atoms. The van der Waals surface area contributed by atoms with Crippen molar-refractivity contribution in [3.05, 3.63) is 29.8 Å². The minimum atomic E-state index is -0.847. The lowest BCUT2D eigenvalue weighted by atomic mass is 9.74. The summed E-state index contributed by atoms with van der Waals surface area (Å²) in [6, 6.07) is 7.54. The minimum absolute atomic E-state index is 0.0392. The first-order valence-electron chi connectivity index (χ1n) is 8.86. The third-order valence-electron chi connectivity index (χ3n) is 5.21. The molecule has 1 amide bonds. The zero-order valence-electron chi connectivity index (χ0n) is 14.6. The number of ether oxygens (including phenoxy) is 2. The monoisotopic (exact) mass is 347 g/mol. The maximum Gasteiger partial charge on any atom is 0.311 e. The van der Waals surface area contributed by atoms with Gasteiger partial charge in [-0.2, -0.15) is 0 Å². The van der Waals surface area contributed by atoms with E-state index < -0.39 is 11.4 Å². The highest BCUT2D eigenvalue weighted by Crippen LogP contribution is 2.42. The highest BCUT2D eigenvalue weighted by atomic mass is 16.5. The van der Waals surface area contributed by atoms with E-state index in [4.69, 9.17) is 9.47 Å². The Hall–Kier alpha value is -2.08. The molecule has 0 spiro atoms. The molecule has 0 unspecified atom stereocenters. The smallest absolute Gasteiger partial charge is 0.311 e. The Bertz CT molecular complexity index is 646. The molecule has 3 rings (SSSR count). The van der Waals surface area contributed by atoms with Gasteiger partial charge < -0.3 is 19.5 Å². The topological polar surface area (TPSA) is 76.1 Å². The summed E-state index contributed by atoms with van der Waals surface area (Å²) in [4.78, 5) is 26.2. The van der Waals surface area contributed by atoms with Crippen LogP contribution in [-0.2, 0) is 20.7 Å². The first kappa shape index (κ1) is 17.7. The number of aliphatic carboxylic acids is 1. The Morgan fingerprint density at radius 2 is 2.28 bits per heavy atom. The van der Waals surface area contributed by atoms with Crippen LogP contribution in [0.2, 0.25) is 0 Å². The first-order valence-corrected chi connectivity index (χ1v) is 8.86. The van der Waals surface area contributed by atoms with Crippen LogP contribution in [-0.4, -0.2) is 54.8 Å². The molecule has 6 nitrogen and oxygen atoms in total. The number of hydrogen-bond donors (Lipinski definition) is 1. The number of hydrogen-bond acceptors (Lipinski definition) is 4. The molecule has 6 heteroatoms. The van der Waals surface area contributed by atoms with E-state index in [-0.39, 0.29) is 24.8 Å². The molecule has 25 heavy (non-hydrogen) atoms. The average Bonchev–Trinajstić information content (AvgIpc) is 3.01. The average molecular weight is 347 g/mol. The van der Waals surface area contributed by atoms with Gasteiger partial charge in [0.15, 0.2) is 0 Å². The number of nitrogens with zero attached hydrogens (tertiary/aromatic N) is 1. The van der Waals surface area contributed by atoms with E-state index in [1.54, 1.807) is 4.90 Å². The summed E-state index contributed by atoms with van der Waals surface area (Å²) >= 11 is 0. The molecule has 2 fully saturated rings. The van der Waals surface area contributed by atoms with Gasteiger partial charge in [-0.05, 0) is 30.5 Å². The Balaban J connectivity index is 1.67. The van der Waals surface area contributed by atoms with Gasteiger partial charge in [-0.25, -0.2) is 0 Å². The van der Waals surface area contributed by atoms with Gasteiger partial charge in [0.1, 0.15) is 5.75 Å². The van der Waals surface area contributed by atoms with Gasteiger partial charge in [0.25, 0.3) is 0 Å². The molecular weight excluding hydrogens is 322 g/mol. The van der Waals surface area contributed by atoms with Crippen molar-refractivity contribution in [2.75, 3.05) is 32.9 Å². The predicted molar refractivity (Wildman–Crippen MR) is 91.5 cm³/mol. The van der Waals surface area contributed by atoms with Crippen molar-refractivity contribution >= 4 is 11.9 Å². The van der Waals surface area contributed by atoms with E-state index >= 15 is 0 Å². The van der Waals surface area contributed by atoms with Crippen molar-refractivity contribution in [3.63, 3.8) is 0 Å². The number of benzene rings is 1. The van der Waals surface area contributed by atoms with Crippen LogP contribution < -0.4 is 4.74 Å². The second kappa shape index (κ2) is 7.44. The van der Waals surface area contributed by atoms with Gasteiger partial charge in [-0.15, -0.1) is 0 Å². The van der Waals surface area contributed by atoms with Crippen molar-refractivity contribution < 1.29 is 24.2 Å². The van der Waals surface area contributed by atoms with Crippen molar-refractivity contribution in [2.45, 2.75) is 26.2 Å². The minimum Gasteiger partial charge on any atom is -0.494 e. The molecule has 0 radical (unpaired) electrons. The van der Waals surface area contributed by atoms with E-state index in [1.807, 2.05) is 31.2 Å². The molecule has 2 aliphatic rings. The van der Waals surface area contributed by atoms with Gasteiger partial charge in [0.2, 0.25) is 5.91 Å². The van der Waals surface area contributed by atoms with Crippen LogP contribution in [0, 0.1) is 11.3 Å². The molecular formula is C19H25NO5. The summed E-state index contributed by atoms with van der Waals surface area (Å²) in [5.74, 6) is -0.215. The number of carbonyl (C=O) groups is 2. The van der Waals surface area contributed by atoms with Crippen LogP contribution in [0.3, 0.4) is 0 Å². The van der Waals surface area contributed by atoms with E-state index in [9.17, 15) is 14.7 Å². The third-order valence-corrected chi connectivity index (χ3v) is 5.21. The molecule has 2 atom stereocenters. The highest BCUT2D eigenvalue weighted by Gasteiger charge is 2.54. The number of carboxylic acid groups (broad SMARTS) is 1. The van der Waals surface area contributed by atoms with Gasteiger partial charge in [0, 0.05) is 25.6 Å². The molecule has 2 heterocycles. The summed E-state index contributed by atoms with van der Waals surface area (Å²) in [7, 11) is 0. The molecule has 2 saturated heterocycles. The van der Waals surface area contributed by atoms with Crippen LogP contribution >= 0.6 is 0 Å². The molecule has 0 saturated carbocycles. The maximum absolute atomic E-state index is 12.7. The Morgan fingerprint density at radius 3 is 3.00 bits per heavy atom. The molecule has 1 N–H and O–H groups in total. The number of carboxylic acids is 1. The second-order valence-electron chi connectivity index (χ2n) is 6.93. The lowest BCUT2D eigenvalue weighted by Crippen LogP contribution is -2.45. The first-order chi connectivity index (χ1) is 12.0. The van der Waals surface area contributed by atoms with Gasteiger partial charge in [-0.3, -0.25) is 9.59 Å². The van der Waals surface area contributed by atoms with Crippen molar-refractivity contribution in [1.82, 2.24) is 4.90 Å². The van der Waals surface area contributed by atoms with E-state index in [0.29, 0.717) is 32.8 Å². The maximum atomic E-state index is 12.7. The van der Waals surface area contributed by atoms with E-state index in [2.05, 4.69) is 0 Å². The number of likely N-dealkylation sites (tertiary alicyclic amines) is 1. The number of amides is 1. The quantitative estimate of drug-likeness (QED) is 0.851.